The number of nitrogen functional groups attached to an aromatic ring is 1. The molecule has 1 aliphatic rings. The van der Waals surface area contributed by atoms with Crippen molar-refractivity contribution in [1.29, 1.82) is 0 Å². The number of aliphatic hydroxyl groups is 1. The van der Waals surface area contributed by atoms with E-state index in [1.54, 1.807) is 30.5 Å². The van der Waals surface area contributed by atoms with Gasteiger partial charge in [-0.15, -0.1) is 0 Å². The maximum absolute atomic E-state index is 13.1. The summed E-state index contributed by atoms with van der Waals surface area (Å²) in [5.74, 6) is 0.705. The number of nitrogens with zero attached hydrogens (tertiary/aromatic N) is 3. The van der Waals surface area contributed by atoms with E-state index in [2.05, 4.69) is 10.1 Å². The molecule has 3 aromatic rings. The molecule has 9 heteroatoms. The molecule has 0 spiro atoms. The van der Waals surface area contributed by atoms with E-state index < -0.39 is 16.1 Å². The molecule has 0 saturated carbocycles. The van der Waals surface area contributed by atoms with E-state index in [9.17, 15) is 13.5 Å². The molecule has 2 atom stereocenters. The van der Waals surface area contributed by atoms with Crippen molar-refractivity contribution in [2.45, 2.75) is 31.8 Å². The van der Waals surface area contributed by atoms with E-state index in [1.807, 2.05) is 26.8 Å². The summed E-state index contributed by atoms with van der Waals surface area (Å²) < 4.78 is 32.9. The van der Waals surface area contributed by atoms with Gasteiger partial charge in [0.05, 0.1) is 22.3 Å². The van der Waals surface area contributed by atoms with Gasteiger partial charge in [-0.1, -0.05) is 18.1 Å². The van der Waals surface area contributed by atoms with Crippen molar-refractivity contribution in [2.24, 2.45) is 5.92 Å². The Balaban J connectivity index is 1.76. The number of benzene rings is 1. The number of β-amino-alcohol motifs (C(OH)–C–C–N with tert-alkyl or cyclic N) is 1. The van der Waals surface area contributed by atoms with Crippen LogP contribution in [0.5, 0.6) is 0 Å². The molecule has 0 amide bonds. The van der Waals surface area contributed by atoms with Crippen LogP contribution in [-0.2, 0) is 10.0 Å². The lowest BCUT2D eigenvalue weighted by Crippen LogP contribution is -2.29. The number of nitrogens with two attached hydrogens (primary N) is 1. The monoisotopic (exact) mass is 428 g/mol. The summed E-state index contributed by atoms with van der Waals surface area (Å²) in [6.07, 6.45) is 0.960. The fourth-order valence-electron chi connectivity index (χ4n) is 3.63. The first kappa shape index (κ1) is 20.5. The average molecular weight is 429 g/mol. The number of sulfonamides is 1. The van der Waals surface area contributed by atoms with E-state index in [4.69, 9.17) is 10.3 Å². The molecule has 0 aliphatic carbocycles. The number of aliphatic hydroxyl groups excluding tert-OH is 1. The molecule has 158 valence electrons. The lowest BCUT2D eigenvalue weighted by Gasteiger charge is -2.17. The zero-order chi connectivity index (χ0) is 21.6. The highest BCUT2D eigenvalue weighted by Crippen LogP contribution is 2.33. The smallest absolute Gasteiger partial charge is 0.243 e. The van der Waals surface area contributed by atoms with Crippen LogP contribution in [0, 0.1) is 19.8 Å². The van der Waals surface area contributed by atoms with Gasteiger partial charge in [-0.05, 0) is 49.1 Å². The second kappa shape index (κ2) is 7.50. The van der Waals surface area contributed by atoms with Crippen LogP contribution in [0.1, 0.15) is 18.2 Å². The molecule has 2 aromatic heterocycles. The molecule has 0 radical (unpaired) electrons. The van der Waals surface area contributed by atoms with E-state index in [-0.39, 0.29) is 17.4 Å². The van der Waals surface area contributed by atoms with Gasteiger partial charge in [-0.3, -0.25) is 0 Å². The Labute approximate surface area is 175 Å². The van der Waals surface area contributed by atoms with Gasteiger partial charge in [0.25, 0.3) is 0 Å². The number of rotatable bonds is 4. The van der Waals surface area contributed by atoms with Crippen LogP contribution in [0.4, 0.5) is 5.82 Å². The van der Waals surface area contributed by atoms with E-state index >= 15 is 0 Å². The van der Waals surface area contributed by atoms with Crippen molar-refractivity contribution >= 4 is 15.8 Å². The molecular formula is C21H24N4O4S. The molecule has 4 rings (SSSR count). The fourth-order valence-corrected chi connectivity index (χ4v) is 5.22. The lowest BCUT2D eigenvalue weighted by atomic mass is 10.00. The normalized spacial score (nSPS) is 20.0. The maximum atomic E-state index is 13.1. The van der Waals surface area contributed by atoms with Gasteiger partial charge in [0.15, 0.2) is 5.76 Å². The summed E-state index contributed by atoms with van der Waals surface area (Å²) in [6.45, 7) is 5.96. The van der Waals surface area contributed by atoms with Crippen molar-refractivity contribution in [2.75, 3.05) is 18.8 Å². The summed E-state index contributed by atoms with van der Waals surface area (Å²) in [4.78, 5) is 4.45. The van der Waals surface area contributed by atoms with Gasteiger partial charge in [0.2, 0.25) is 10.0 Å². The number of hydrogen-bond acceptors (Lipinski definition) is 7. The van der Waals surface area contributed by atoms with Gasteiger partial charge in [0, 0.05) is 30.9 Å². The minimum absolute atomic E-state index is 0.0982. The van der Waals surface area contributed by atoms with Crippen LogP contribution >= 0.6 is 0 Å². The van der Waals surface area contributed by atoms with Crippen LogP contribution < -0.4 is 5.73 Å². The second-order valence-corrected chi connectivity index (χ2v) is 9.77. The minimum atomic E-state index is -3.72. The van der Waals surface area contributed by atoms with Gasteiger partial charge >= 0.3 is 0 Å². The topological polar surface area (TPSA) is 123 Å². The second-order valence-electron chi connectivity index (χ2n) is 7.83. The highest BCUT2D eigenvalue weighted by atomic mass is 32.2. The van der Waals surface area contributed by atoms with Crippen LogP contribution in [0.2, 0.25) is 0 Å². The van der Waals surface area contributed by atoms with Crippen molar-refractivity contribution in [3.8, 4) is 22.5 Å². The lowest BCUT2D eigenvalue weighted by molar-refractivity contribution is 0.153. The first-order chi connectivity index (χ1) is 14.2. The number of anilines is 1. The molecule has 30 heavy (non-hydrogen) atoms. The highest BCUT2D eigenvalue weighted by molar-refractivity contribution is 7.89. The van der Waals surface area contributed by atoms with Crippen molar-refractivity contribution < 1.29 is 18.0 Å². The van der Waals surface area contributed by atoms with E-state index in [1.165, 1.54) is 4.31 Å². The van der Waals surface area contributed by atoms with Crippen LogP contribution in [-0.4, -0.2) is 47.2 Å². The molecule has 8 nitrogen and oxygen atoms in total. The summed E-state index contributed by atoms with van der Waals surface area (Å²) in [5.41, 5.74) is 9.70. The summed E-state index contributed by atoms with van der Waals surface area (Å²) >= 11 is 0. The highest BCUT2D eigenvalue weighted by Gasteiger charge is 2.36. The summed E-state index contributed by atoms with van der Waals surface area (Å²) in [7, 11) is -3.72. The quantitative estimate of drug-likeness (QED) is 0.655. The van der Waals surface area contributed by atoms with Gasteiger partial charge in [0.1, 0.15) is 5.82 Å². The first-order valence-electron chi connectivity index (χ1n) is 9.65. The molecule has 0 bridgehead atoms. The van der Waals surface area contributed by atoms with Crippen molar-refractivity contribution in [3.05, 3.63) is 47.8 Å². The number of hydrogen-bond donors (Lipinski definition) is 2. The Hall–Kier alpha value is -2.75. The summed E-state index contributed by atoms with van der Waals surface area (Å²) in [5, 5.41) is 13.9. The third kappa shape index (κ3) is 3.60. The predicted molar refractivity (Wildman–Crippen MR) is 113 cm³/mol. The molecule has 3 N–H and O–H groups in total. The van der Waals surface area contributed by atoms with Gasteiger partial charge in [-0.2, -0.15) is 4.31 Å². The zero-order valence-corrected chi connectivity index (χ0v) is 17.8. The number of aromatic nitrogens is 2. The van der Waals surface area contributed by atoms with Crippen LogP contribution in [0.25, 0.3) is 22.5 Å². The maximum Gasteiger partial charge on any atom is 0.243 e. The third-order valence-corrected chi connectivity index (χ3v) is 7.34. The predicted octanol–water partition coefficient (Wildman–Crippen LogP) is 2.60. The van der Waals surface area contributed by atoms with Crippen LogP contribution in [0.3, 0.4) is 0 Å². The van der Waals surface area contributed by atoms with Crippen LogP contribution in [0.15, 0.2) is 45.9 Å². The van der Waals surface area contributed by atoms with E-state index in [0.29, 0.717) is 23.7 Å². The van der Waals surface area contributed by atoms with E-state index in [0.717, 1.165) is 22.4 Å². The van der Waals surface area contributed by atoms with Gasteiger partial charge < -0.3 is 15.4 Å². The summed E-state index contributed by atoms with van der Waals surface area (Å²) in [6, 6.07) is 8.60. The molecule has 1 aromatic carbocycles. The largest absolute Gasteiger partial charge is 0.391 e. The number of pyridine rings is 1. The van der Waals surface area contributed by atoms with Crippen molar-refractivity contribution in [1.82, 2.24) is 14.4 Å². The Morgan fingerprint density at radius 2 is 1.93 bits per heavy atom. The molecule has 1 aliphatic heterocycles. The average Bonchev–Trinajstić information content (AvgIpc) is 3.28. The standard InChI is InChI=1S/C21H24N4O4S/c1-12-4-5-16(30(27,28)25-10-13(2)19(26)11-25)8-17(12)15-7-18(21(22)23-9-15)20-6-14(3)24-29-20/h4-9,13,19,26H,10-11H2,1-3H3,(H2,22,23). The Morgan fingerprint density at radius 3 is 2.57 bits per heavy atom. The minimum Gasteiger partial charge on any atom is -0.391 e. The zero-order valence-electron chi connectivity index (χ0n) is 17.0. The molecule has 3 heterocycles. The Bertz CT molecular complexity index is 1200. The Morgan fingerprint density at radius 1 is 1.17 bits per heavy atom. The van der Waals surface area contributed by atoms with Crippen molar-refractivity contribution in [3.63, 3.8) is 0 Å². The molecule has 1 fully saturated rings. The Kier molecular flexibility index (Phi) is 5.13. The molecular weight excluding hydrogens is 404 g/mol. The third-order valence-electron chi connectivity index (χ3n) is 5.51. The molecule has 1 saturated heterocycles. The number of aryl methyl sites for hydroxylation is 2. The molecule has 2 unspecified atom stereocenters. The SMILES string of the molecule is Cc1cc(-c2cc(-c3cc(S(=O)(=O)N4CC(C)C(O)C4)ccc3C)cnc2N)on1. The fraction of sp³-hybridized carbons (Fsp3) is 0.333. The van der Waals surface area contributed by atoms with Gasteiger partial charge in [-0.25, -0.2) is 13.4 Å². The first-order valence-corrected chi connectivity index (χ1v) is 11.1.